The van der Waals surface area contributed by atoms with Crippen LogP contribution in [0.15, 0.2) is 33.8 Å². The number of rotatable bonds is 4. The summed E-state index contributed by atoms with van der Waals surface area (Å²) < 4.78 is 7.79. The van der Waals surface area contributed by atoms with Crippen LogP contribution in [0.4, 0.5) is 22.9 Å². The number of ether oxygens (including phenoxy) is 1. The number of nitrogen functional groups attached to an aromatic ring is 1. The first kappa shape index (κ1) is 22.1. The summed E-state index contributed by atoms with van der Waals surface area (Å²) in [6.07, 6.45) is 4.20. The molecule has 1 aromatic carbocycles. The smallest absolute Gasteiger partial charge is 0.293 e. The van der Waals surface area contributed by atoms with Gasteiger partial charge in [0.05, 0.1) is 17.5 Å². The van der Waals surface area contributed by atoms with Crippen LogP contribution in [-0.4, -0.2) is 58.9 Å². The molecule has 168 valence electrons. The van der Waals surface area contributed by atoms with Gasteiger partial charge in [-0.15, -0.1) is 0 Å². The molecular weight excluding hydrogens is 460 g/mol. The third-order valence-electron chi connectivity index (χ3n) is 6.27. The maximum atomic E-state index is 12.3. The van der Waals surface area contributed by atoms with Gasteiger partial charge in [-0.25, -0.2) is 4.98 Å². The molecule has 2 unspecified atom stereocenters. The molecule has 1 aromatic heterocycles. The molecule has 9 heteroatoms. The number of aromatic nitrogens is 2. The summed E-state index contributed by atoms with van der Waals surface area (Å²) in [6, 6.07) is 6.83. The van der Waals surface area contributed by atoms with Gasteiger partial charge in [-0.2, -0.15) is 0 Å². The number of benzene rings is 1. The minimum absolute atomic E-state index is 0.196. The summed E-state index contributed by atoms with van der Waals surface area (Å²) in [5, 5.41) is 3.10. The lowest BCUT2D eigenvalue weighted by molar-refractivity contribution is -0.0208. The van der Waals surface area contributed by atoms with Gasteiger partial charge in [-0.1, -0.05) is 0 Å². The van der Waals surface area contributed by atoms with Gasteiger partial charge in [-0.05, 0) is 60.8 Å². The topological polar surface area (TPSA) is 88.7 Å². The van der Waals surface area contributed by atoms with Crippen molar-refractivity contribution in [1.29, 1.82) is 0 Å². The van der Waals surface area contributed by atoms with Gasteiger partial charge < -0.3 is 25.3 Å². The van der Waals surface area contributed by atoms with Crippen molar-refractivity contribution in [3.05, 3.63) is 39.4 Å². The van der Waals surface area contributed by atoms with E-state index in [0.29, 0.717) is 28.5 Å². The van der Waals surface area contributed by atoms with Gasteiger partial charge in [0, 0.05) is 57.3 Å². The fourth-order valence-electron chi connectivity index (χ4n) is 4.66. The van der Waals surface area contributed by atoms with E-state index in [1.807, 2.05) is 18.2 Å². The lowest BCUT2D eigenvalue weighted by Crippen LogP contribution is -2.56. The quantitative estimate of drug-likeness (QED) is 0.636. The zero-order chi connectivity index (χ0) is 22.1. The SMILES string of the molecule is CC1CC(N2CCN(c3ccc(Nc4nc(Br)cn(C)c4=O)cc3N)[C@@H](C)C2)CCO1. The number of piperazine rings is 1. The van der Waals surface area contributed by atoms with Crippen LogP contribution in [0, 0.1) is 0 Å². The molecule has 2 aliphatic heterocycles. The maximum Gasteiger partial charge on any atom is 0.293 e. The highest BCUT2D eigenvalue weighted by Crippen LogP contribution is 2.31. The molecule has 8 nitrogen and oxygen atoms in total. The molecule has 2 fully saturated rings. The van der Waals surface area contributed by atoms with Crippen molar-refractivity contribution >= 4 is 38.8 Å². The molecule has 4 rings (SSSR count). The Bertz CT molecular complexity index is 996. The fraction of sp³-hybridized carbons (Fsp3) is 0.545. The van der Waals surface area contributed by atoms with Crippen LogP contribution in [0.3, 0.4) is 0 Å². The van der Waals surface area contributed by atoms with Crippen LogP contribution in [0.5, 0.6) is 0 Å². The fourth-order valence-corrected chi connectivity index (χ4v) is 5.15. The number of nitrogens with two attached hydrogens (primary N) is 1. The van der Waals surface area contributed by atoms with Crippen molar-refractivity contribution in [2.75, 3.05) is 42.2 Å². The molecule has 0 radical (unpaired) electrons. The first-order valence-electron chi connectivity index (χ1n) is 10.8. The Balaban J connectivity index is 1.46. The van der Waals surface area contributed by atoms with E-state index in [1.165, 1.54) is 4.57 Å². The van der Waals surface area contributed by atoms with Crippen molar-refractivity contribution in [3.63, 3.8) is 0 Å². The van der Waals surface area contributed by atoms with Crippen LogP contribution in [0.1, 0.15) is 26.7 Å². The van der Waals surface area contributed by atoms with E-state index in [4.69, 9.17) is 10.5 Å². The monoisotopic (exact) mass is 490 g/mol. The lowest BCUT2D eigenvalue weighted by atomic mass is 10.00. The molecule has 0 amide bonds. The van der Waals surface area contributed by atoms with Crippen LogP contribution in [0.25, 0.3) is 0 Å². The van der Waals surface area contributed by atoms with E-state index in [2.05, 4.69) is 49.9 Å². The van der Waals surface area contributed by atoms with Crippen molar-refractivity contribution in [1.82, 2.24) is 14.5 Å². The van der Waals surface area contributed by atoms with E-state index >= 15 is 0 Å². The molecule has 2 saturated heterocycles. The van der Waals surface area contributed by atoms with E-state index in [-0.39, 0.29) is 11.4 Å². The minimum atomic E-state index is -0.196. The Morgan fingerprint density at radius 2 is 2.10 bits per heavy atom. The second-order valence-corrected chi connectivity index (χ2v) is 9.44. The first-order chi connectivity index (χ1) is 14.8. The van der Waals surface area contributed by atoms with E-state index in [0.717, 1.165) is 50.5 Å². The van der Waals surface area contributed by atoms with Gasteiger partial charge in [0.2, 0.25) is 0 Å². The molecule has 0 bridgehead atoms. The Hall–Kier alpha value is -2.10. The van der Waals surface area contributed by atoms with Crippen LogP contribution in [-0.2, 0) is 11.8 Å². The number of halogens is 1. The van der Waals surface area contributed by atoms with Gasteiger partial charge in [0.25, 0.3) is 5.56 Å². The number of nitrogens with one attached hydrogen (secondary N) is 1. The van der Waals surface area contributed by atoms with E-state index in [1.54, 1.807) is 13.2 Å². The number of hydrogen-bond acceptors (Lipinski definition) is 7. The summed E-state index contributed by atoms with van der Waals surface area (Å²) in [4.78, 5) is 21.6. The molecule has 0 saturated carbocycles. The Morgan fingerprint density at radius 1 is 1.29 bits per heavy atom. The standard InChI is InChI=1S/C22H31BrN6O2/c1-14-12-28(17-6-9-31-15(2)10-17)7-8-29(14)19-5-4-16(11-18(19)24)25-21-22(30)27(3)13-20(23)26-21/h4-5,11,13-15,17H,6-10,12,24H2,1-3H3,(H,25,26)/t14-,15?,17?/m0/s1. The van der Waals surface area contributed by atoms with Gasteiger partial charge in [-0.3, -0.25) is 9.69 Å². The summed E-state index contributed by atoms with van der Waals surface area (Å²) >= 11 is 3.33. The molecule has 31 heavy (non-hydrogen) atoms. The number of anilines is 4. The largest absolute Gasteiger partial charge is 0.397 e. The summed E-state index contributed by atoms with van der Waals surface area (Å²) in [6.45, 7) is 8.28. The van der Waals surface area contributed by atoms with Gasteiger partial charge in [0.1, 0.15) is 4.60 Å². The molecular formula is C22H31BrN6O2. The molecule has 2 aliphatic rings. The highest BCUT2D eigenvalue weighted by molar-refractivity contribution is 9.10. The van der Waals surface area contributed by atoms with Crippen LogP contribution >= 0.6 is 15.9 Å². The van der Waals surface area contributed by atoms with Crippen molar-refractivity contribution < 1.29 is 4.74 Å². The summed E-state index contributed by atoms with van der Waals surface area (Å²) in [5.74, 6) is 0.261. The van der Waals surface area contributed by atoms with Crippen molar-refractivity contribution in [2.45, 2.75) is 44.9 Å². The predicted octanol–water partition coefficient (Wildman–Crippen LogP) is 2.95. The zero-order valence-electron chi connectivity index (χ0n) is 18.3. The number of hydrogen-bond donors (Lipinski definition) is 2. The van der Waals surface area contributed by atoms with Gasteiger partial charge in [0.15, 0.2) is 5.82 Å². The molecule has 2 aromatic rings. The normalized spacial score (nSPS) is 24.9. The third-order valence-corrected chi connectivity index (χ3v) is 6.66. The molecule has 3 N–H and O–H groups in total. The maximum absolute atomic E-state index is 12.3. The predicted molar refractivity (Wildman–Crippen MR) is 128 cm³/mol. The third kappa shape index (κ3) is 4.88. The van der Waals surface area contributed by atoms with Crippen molar-refractivity contribution in [3.8, 4) is 0 Å². The molecule has 0 aliphatic carbocycles. The van der Waals surface area contributed by atoms with E-state index in [9.17, 15) is 4.79 Å². The average molecular weight is 491 g/mol. The second-order valence-electron chi connectivity index (χ2n) is 8.62. The lowest BCUT2D eigenvalue weighted by Gasteiger charge is -2.46. The molecule has 3 heterocycles. The van der Waals surface area contributed by atoms with Crippen molar-refractivity contribution in [2.24, 2.45) is 7.05 Å². The number of nitrogens with zero attached hydrogens (tertiary/aromatic N) is 4. The molecule has 0 spiro atoms. The summed E-state index contributed by atoms with van der Waals surface area (Å²) in [5.41, 5.74) is 8.71. The number of aryl methyl sites for hydroxylation is 1. The van der Waals surface area contributed by atoms with Crippen LogP contribution < -0.4 is 21.5 Å². The zero-order valence-corrected chi connectivity index (χ0v) is 19.9. The minimum Gasteiger partial charge on any atom is -0.397 e. The summed E-state index contributed by atoms with van der Waals surface area (Å²) in [7, 11) is 1.69. The van der Waals surface area contributed by atoms with Crippen LogP contribution in [0.2, 0.25) is 0 Å². The Labute approximate surface area is 191 Å². The highest BCUT2D eigenvalue weighted by atomic mass is 79.9. The van der Waals surface area contributed by atoms with E-state index < -0.39 is 0 Å². The average Bonchev–Trinajstić information content (AvgIpc) is 2.72. The Morgan fingerprint density at radius 3 is 2.81 bits per heavy atom. The first-order valence-corrected chi connectivity index (χ1v) is 11.6. The Kier molecular flexibility index (Phi) is 6.55. The highest BCUT2D eigenvalue weighted by Gasteiger charge is 2.31. The molecule has 3 atom stereocenters. The van der Waals surface area contributed by atoms with Gasteiger partial charge >= 0.3 is 0 Å². The second kappa shape index (κ2) is 9.18.